The summed E-state index contributed by atoms with van der Waals surface area (Å²) in [6, 6.07) is 4.17. The standard InChI is InChI=1S/C17H19F3O/c1-2-3-4-5-6-7-12-10-16(17(18,19)20)15-11-13(21)8-9-14(12)15/h7-11,21H,2-6H2,1H3/b12-7+. The molecule has 114 valence electrons. The molecule has 0 radical (unpaired) electrons. The number of rotatable bonds is 5. The average Bonchev–Trinajstić information content (AvgIpc) is 2.76. The zero-order chi connectivity index (χ0) is 15.5. The van der Waals surface area contributed by atoms with Crippen LogP contribution >= 0.6 is 0 Å². The van der Waals surface area contributed by atoms with Crippen LogP contribution in [0.3, 0.4) is 0 Å². The van der Waals surface area contributed by atoms with Gasteiger partial charge in [0.05, 0.1) is 5.57 Å². The van der Waals surface area contributed by atoms with E-state index < -0.39 is 11.7 Å². The van der Waals surface area contributed by atoms with Crippen LogP contribution in [-0.2, 0) is 0 Å². The molecule has 0 saturated heterocycles. The van der Waals surface area contributed by atoms with E-state index in [4.69, 9.17) is 0 Å². The lowest BCUT2D eigenvalue weighted by atomic mass is 10.0. The summed E-state index contributed by atoms with van der Waals surface area (Å²) >= 11 is 0. The summed E-state index contributed by atoms with van der Waals surface area (Å²) in [6.07, 6.45) is 3.79. The Kier molecular flexibility index (Phi) is 4.76. The molecule has 21 heavy (non-hydrogen) atoms. The van der Waals surface area contributed by atoms with Crippen molar-refractivity contribution < 1.29 is 18.3 Å². The highest BCUT2D eigenvalue weighted by atomic mass is 19.4. The van der Waals surface area contributed by atoms with Crippen LogP contribution < -0.4 is 0 Å². The highest BCUT2D eigenvalue weighted by Gasteiger charge is 2.39. The second kappa shape index (κ2) is 6.37. The van der Waals surface area contributed by atoms with Crippen LogP contribution in [0, 0.1) is 0 Å². The minimum Gasteiger partial charge on any atom is -0.508 e. The van der Waals surface area contributed by atoms with Gasteiger partial charge in [-0.1, -0.05) is 38.3 Å². The minimum absolute atomic E-state index is 0.0716. The first kappa shape index (κ1) is 15.7. The van der Waals surface area contributed by atoms with Crippen molar-refractivity contribution in [3.8, 4) is 5.75 Å². The molecule has 1 N–H and O–H groups in total. The summed E-state index contributed by atoms with van der Waals surface area (Å²) in [5, 5.41) is 9.43. The Hall–Kier alpha value is -1.71. The number of aromatic hydroxyl groups is 1. The second-order valence-electron chi connectivity index (χ2n) is 5.29. The molecule has 0 heterocycles. The highest BCUT2D eigenvalue weighted by Crippen LogP contribution is 2.45. The van der Waals surface area contributed by atoms with Crippen molar-refractivity contribution in [2.24, 2.45) is 0 Å². The highest BCUT2D eigenvalue weighted by molar-refractivity contribution is 5.97. The van der Waals surface area contributed by atoms with E-state index in [1.807, 2.05) is 6.08 Å². The zero-order valence-corrected chi connectivity index (χ0v) is 12.0. The van der Waals surface area contributed by atoms with Gasteiger partial charge in [0.15, 0.2) is 0 Å². The van der Waals surface area contributed by atoms with E-state index in [1.165, 1.54) is 18.2 Å². The largest absolute Gasteiger partial charge is 0.508 e. The molecule has 0 fully saturated rings. The predicted molar refractivity (Wildman–Crippen MR) is 78.9 cm³/mol. The van der Waals surface area contributed by atoms with Crippen LogP contribution in [0.4, 0.5) is 13.2 Å². The second-order valence-corrected chi connectivity index (χ2v) is 5.29. The summed E-state index contributed by atoms with van der Waals surface area (Å²) in [7, 11) is 0. The van der Waals surface area contributed by atoms with Gasteiger partial charge in [-0.25, -0.2) is 0 Å². The molecule has 1 aromatic carbocycles. The number of halogens is 3. The number of alkyl halides is 3. The Morgan fingerprint density at radius 1 is 1.10 bits per heavy atom. The SMILES string of the molecule is CCCCCC/C=C1\C=C(C(F)(F)F)c2cc(O)ccc21. The summed E-state index contributed by atoms with van der Waals surface area (Å²) in [6.45, 7) is 2.12. The van der Waals surface area contributed by atoms with Crippen LogP contribution in [0.2, 0.25) is 0 Å². The Balaban J connectivity index is 2.24. The van der Waals surface area contributed by atoms with Crippen molar-refractivity contribution in [2.75, 3.05) is 0 Å². The maximum absolute atomic E-state index is 13.1. The van der Waals surface area contributed by atoms with Gasteiger partial charge in [0.1, 0.15) is 5.75 Å². The first-order valence-corrected chi connectivity index (χ1v) is 7.26. The Morgan fingerprint density at radius 2 is 1.86 bits per heavy atom. The lowest BCUT2D eigenvalue weighted by Crippen LogP contribution is -2.09. The molecule has 1 aliphatic carbocycles. The maximum atomic E-state index is 13.1. The number of hydrogen-bond acceptors (Lipinski definition) is 1. The number of phenols is 1. The van der Waals surface area contributed by atoms with Crippen LogP contribution in [0.15, 0.2) is 30.4 Å². The Labute approximate surface area is 122 Å². The fourth-order valence-corrected chi connectivity index (χ4v) is 2.55. The number of allylic oxidation sites excluding steroid dienone is 4. The van der Waals surface area contributed by atoms with Gasteiger partial charge in [0.25, 0.3) is 0 Å². The first-order chi connectivity index (χ1) is 9.93. The maximum Gasteiger partial charge on any atom is 0.417 e. The lowest BCUT2D eigenvalue weighted by molar-refractivity contribution is -0.0687. The molecule has 1 aromatic rings. The summed E-state index contributed by atoms with van der Waals surface area (Å²) in [4.78, 5) is 0. The van der Waals surface area contributed by atoms with Gasteiger partial charge in [0.2, 0.25) is 0 Å². The van der Waals surface area contributed by atoms with Crippen LogP contribution in [-0.4, -0.2) is 11.3 Å². The third-order valence-corrected chi connectivity index (χ3v) is 3.63. The molecule has 0 aliphatic heterocycles. The number of phenolic OH excluding ortho intramolecular Hbond substituents is 1. The average molecular weight is 296 g/mol. The van der Waals surface area contributed by atoms with E-state index in [0.29, 0.717) is 11.1 Å². The normalized spacial score (nSPS) is 16.2. The zero-order valence-electron chi connectivity index (χ0n) is 12.0. The molecule has 0 atom stereocenters. The third kappa shape index (κ3) is 3.69. The molecule has 0 unspecified atom stereocenters. The third-order valence-electron chi connectivity index (χ3n) is 3.63. The lowest BCUT2D eigenvalue weighted by Gasteiger charge is -2.09. The molecule has 0 amide bonds. The molecule has 4 heteroatoms. The predicted octanol–water partition coefficient (Wildman–Crippen LogP) is 5.71. The van der Waals surface area contributed by atoms with E-state index >= 15 is 0 Å². The van der Waals surface area contributed by atoms with Crippen molar-refractivity contribution in [1.82, 2.24) is 0 Å². The van der Waals surface area contributed by atoms with Gasteiger partial charge in [-0.05, 0) is 47.8 Å². The molecular weight excluding hydrogens is 277 g/mol. The summed E-state index contributed by atoms with van der Waals surface area (Å²) in [5.41, 5.74) is 0.556. The monoisotopic (exact) mass is 296 g/mol. The van der Waals surface area contributed by atoms with Crippen LogP contribution in [0.25, 0.3) is 11.1 Å². The van der Waals surface area contributed by atoms with Crippen molar-refractivity contribution in [1.29, 1.82) is 0 Å². The summed E-state index contributed by atoms with van der Waals surface area (Å²) in [5.74, 6) is -0.145. The van der Waals surface area contributed by atoms with E-state index in [2.05, 4.69) is 6.92 Å². The molecule has 0 saturated carbocycles. The number of fused-ring (bicyclic) bond motifs is 1. The van der Waals surface area contributed by atoms with Gasteiger partial charge in [-0.15, -0.1) is 0 Å². The van der Waals surface area contributed by atoms with Crippen LogP contribution in [0.1, 0.15) is 50.2 Å². The van der Waals surface area contributed by atoms with E-state index in [1.54, 1.807) is 6.07 Å². The molecule has 0 aromatic heterocycles. The molecular formula is C17H19F3O. The smallest absolute Gasteiger partial charge is 0.417 e. The molecule has 1 aliphatic rings. The number of hydrogen-bond donors (Lipinski definition) is 1. The quantitative estimate of drug-likeness (QED) is 0.690. The van der Waals surface area contributed by atoms with E-state index in [-0.39, 0.29) is 11.3 Å². The van der Waals surface area contributed by atoms with E-state index in [9.17, 15) is 18.3 Å². The van der Waals surface area contributed by atoms with E-state index in [0.717, 1.165) is 32.1 Å². The van der Waals surface area contributed by atoms with Crippen molar-refractivity contribution in [3.63, 3.8) is 0 Å². The first-order valence-electron chi connectivity index (χ1n) is 7.26. The van der Waals surface area contributed by atoms with Crippen molar-refractivity contribution >= 4 is 11.1 Å². The fraction of sp³-hybridized carbons (Fsp3) is 0.412. The topological polar surface area (TPSA) is 20.2 Å². The van der Waals surface area contributed by atoms with Crippen LogP contribution in [0.5, 0.6) is 5.75 Å². The van der Waals surface area contributed by atoms with Gasteiger partial charge in [-0.2, -0.15) is 13.2 Å². The molecule has 2 rings (SSSR count). The Bertz CT molecular complexity index is 568. The molecule has 1 nitrogen and oxygen atoms in total. The minimum atomic E-state index is -4.40. The molecule has 0 spiro atoms. The Morgan fingerprint density at radius 3 is 2.52 bits per heavy atom. The fourth-order valence-electron chi connectivity index (χ4n) is 2.55. The van der Waals surface area contributed by atoms with Crippen molar-refractivity contribution in [3.05, 3.63) is 41.5 Å². The molecule has 0 bridgehead atoms. The van der Waals surface area contributed by atoms with Crippen molar-refractivity contribution in [2.45, 2.75) is 45.2 Å². The van der Waals surface area contributed by atoms with Gasteiger partial charge < -0.3 is 5.11 Å². The van der Waals surface area contributed by atoms with Gasteiger partial charge in [0, 0.05) is 0 Å². The number of benzene rings is 1. The number of unbranched alkanes of at least 4 members (excludes halogenated alkanes) is 4. The van der Waals surface area contributed by atoms with Gasteiger partial charge >= 0.3 is 6.18 Å². The van der Waals surface area contributed by atoms with Gasteiger partial charge in [-0.3, -0.25) is 0 Å². The summed E-state index contributed by atoms with van der Waals surface area (Å²) < 4.78 is 39.2.